The van der Waals surface area contributed by atoms with Crippen LogP contribution < -0.4 is 25.8 Å². The molecular weight excluding hydrogens is 362 g/mol. The number of ether oxygens (including phenoxy) is 2. The van der Waals surface area contributed by atoms with Crippen LogP contribution in [-0.4, -0.2) is 27.8 Å². The molecule has 142 valence electrons. The highest BCUT2D eigenvalue weighted by Gasteiger charge is 2.14. The van der Waals surface area contributed by atoms with Crippen molar-refractivity contribution < 1.29 is 19.4 Å². The number of benzene rings is 2. The van der Waals surface area contributed by atoms with Gasteiger partial charge in [-0.1, -0.05) is 6.07 Å². The van der Waals surface area contributed by atoms with Crippen molar-refractivity contribution in [3.05, 3.63) is 59.9 Å². The number of hydrogen-bond acceptors (Lipinski definition) is 8. The minimum Gasteiger partial charge on any atom is -0.478 e. The van der Waals surface area contributed by atoms with Crippen LogP contribution in [0.2, 0.25) is 0 Å². The van der Waals surface area contributed by atoms with Gasteiger partial charge in [-0.2, -0.15) is 0 Å². The average Bonchev–Trinajstić information content (AvgIpc) is 3.17. The van der Waals surface area contributed by atoms with Gasteiger partial charge in [-0.3, -0.25) is 0 Å². The van der Waals surface area contributed by atoms with Crippen LogP contribution in [0.3, 0.4) is 0 Å². The summed E-state index contributed by atoms with van der Waals surface area (Å²) in [5, 5.41) is 15.2. The van der Waals surface area contributed by atoms with Crippen LogP contribution in [0.4, 0.5) is 23.0 Å². The molecule has 28 heavy (non-hydrogen) atoms. The van der Waals surface area contributed by atoms with Crippen LogP contribution in [0, 0.1) is 0 Å². The third-order valence-electron chi connectivity index (χ3n) is 4.18. The molecule has 2 heterocycles. The topological polar surface area (TPSA) is 132 Å². The second-order valence-electron chi connectivity index (χ2n) is 6.03. The maximum atomic E-state index is 10.9. The SMILES string of the molecule is Nc1c(NCc2ccc3c(c2)OCO3)ncnc1Nc1ccc(C(=O)O)cc1. The standard InChI is InChI=1S/C19H17N5O4/c20-16-17(21-8-11-1-6-14-15(7-11)28-10-27-14)22-9-23-18(16)24-13-4-2-12(3-5-13)19(25)26/h1-7,9H,8,10,20H2,(H,25,26)(H2,21,22,23,24). The highest BCUT2D eigenvalue weighted by atomic mass is 16.7. The summed E-state index contributed by atoms with van der Waals surface area (Å²) in [6.45, 7) is 0.720. The number of nitrogen functional groups attached to an aromatic ring is 1. The number of rotatable bonds is 6. The predicted octanol–water partition coefficient (Wildman–Crippen LogP) is 2.84. The molecule has 1 aliphatic heterocycles. The quantitative estimate of drug-likeness (QED) is 0.510. The molecule has 2 aromatic carbocycles. The van der Waals surface area contributed by atoms with Gasteiger partial charge >= 0.3 is 5.97 Å². The zero-order valence-electron chi connectivity index (χ0n) is 14.7. The molecule has 4 rings (SSSR count). The molecule has 0 saturated carbocycles. The van der Waals surface area contributed by atoms with Crippen LogP contribution in [-0.2, 0) is 6.54 Å². The first kappa shape index (κ1) is 17.4. The molecule has 9 heteroatoms. The van der Waals surface area contributed by atoms with E-state index in [0.717, 1.165) is 11.3 Å². The number of carboxylic acid groups (broad SMARTS) is 1. The van der Waals surface area contributed by atoms with Crippen molar-refractivity contribution in [3.63, 3.8) is 0 Å². The van der Waals surface area contributed by atoms with E-state index in [9.17, 15) is 4.79 Å². The Bertz CT molecular complexity index is 1020. The summed E-state index contributed by atoms with van der Waals surface area (Å²) in [5.74, 6) is 1.36. The van der Waals surface area contributed by atoms with Gasteiger partial charge in [0.1, 0.15) is 12.0 Å². The fraction of sp³-hybridized carbons (Fsp3) is 0.105. The summed E-state index contributed by atoms with van der Waals surface area (Å²) in [7, 11) is 0. The van der Waals surface area contributed by atoms with E-state index >= 15 is 0 Å². The van der Waals surface area contributed by atoms with Crippen molar-refractivity contribution in [2.75, 3.05) is 23.2 Å². The molecule has 1 aliphatic rings. The number of nitrogens with zero attached hydrogens (tertiary/aromatic N) is 2. The lowest BCUT2D eigenvalue weighted by molar-refractivity contribution is 0.0697. The lowest BCUT2D eigenvalue weighted by atomic mass is 10.2. The Hall–Kier alpha value is -4.01. The number of fused-ring (bicyclic) bond motifs is 1. The number of carboxylic acids is 1. The summed E-state index contributed by atoms with van der Waals surface area (Å²) >= 11 is 0. The fourth-order valence-corrected chi connectivity index (χ4v) is 2.71. The lowest BCUT2D eigenvalue weighted by Gasteiger charge is -2.13. The normalized spacial score (nSPS) is 11.9. The van der Waals surface area contributed by atoms with Crippen LogP contribution >= 0.6 is 0 Å². The minimum atomic E-state index is -0.983. The summed E-state index contributed by atoms with van der Waals surface area (Å²) in [6, 6.07) is 12.0. The van der Waals surface area contributed by atoms with E-state index in [1.165, 1.54) is 18.5 Å². The smallest absolute Gasteiger partial charge is 0.335 e. The van der Waals surface area contributed by atoms with Crippen LogP contribution in [0.25, 0.3) is 0 Å². The van der Waals surface area contributed by atoms with Gasteiger partial charge in [-0.25, -0.2) is 14.8 Å². The monoisotopic (exact) mass is 379 g/mol. The molecule has 0 saturated heterocycles. The molecule has 3 aromatic rings. The molecule has 0 atom stereocenters. The first-order chi connectivity index (χ1) is 13.6. The largest absolute Gasteiger partial charge is 0.478 e. The van der Waals surface area contributed by atoms with Crippen LogP contribution in [0.15, 0.2) is 48.8 Å². The molecule has 0 aliphatic carbocycles. The molecule has 5 N–H and O–H groups in total. The summed E-state index contributed by atoms with van der Waals surface area (Å²) in [4.78, 5) is 19.3. The Morgan fingerprint density at radius 1 is 1.07 bits per heavy atom. The summed E-state index contributed by atoms with van der Waals surface area (Å²) < 4.78 is 10.7. The molecule has 0 fully saturated rings. The van der Waals surface area contributed by atoms with Crippen LogP contribution in [0.5, 0.6) is 11.5 Å². The van der Waals surface area contributed by atoms with E-state index < -0.39 is 5.97 Å². The third kappa shape index (κ3) is 3.58. The van der Waals surface area contributed by atoms with Gasteiger partial charge in [0.25, 0.3) is 0 Å². The number of carbonyl (C=O) groups is 1. The number of aromatic carboxylic acids is 1. The maximum Gasteiger partial charge on any atom is 0.335 e. The first-order valence-corrected chi connectivity index (χ1v) is 8.43. The highest BCUT2D eigenvalue weighted by molar-refractivity contribution is 5.88. The molecular formula is C19H17N5O4. The molecule has 0 spiro atoms. The number of aromatic nitrogens is 2. The molecule has 0 amide bonds. The Labute approximate surface area is 160 Å². The van der Waals surface area contributed by atoms with Crippen molar-refractivity contribution in [1.29, 1.82) is 0 Å². The zero-order chi connectivity index (χ0) is 19.5. The summed E-state index contributed by atoms with van der Waals surface area (Å²) in [6.07, 6.45) is 1.40. The van der Waals surface area contributed by atoms with Gasteiger partial charge in [0.15, 0.2) is 23.1 Å². The second kappa shape index (κ2) is 7.31. The molecule has 0 unspecified atom stereocenters. The number of anilines is 4. The van der Waals surface area contributed by atoms with Crippen molar-refractivity contribution in [2.24, 2.45) is 0 Å². The third-order valence-corrected chi connectivity index (χ3v) is 4.18. The van der Waals surface area contributed by atoms with Gasteiger partial charge in [0, 0.05) is 12.2 Å². The number of hydrogen-bond donors (Lipinski definition) is 4. The second-order valence-corrected chi connectivity index (χ2v) is 6.03. The Morgan fingerprint density at radius 2 is 1.82 bits per heavy atom. The average molecular weight is 379 g/mol. The van der Waals surface area contributed by atoms with E-state index in [1.807, 2.05) is 18.2 Å². The number of nitrogens with one attached hydrogen (secondary N) is 2. The molecule has 1 aromatic heterocycles. The number of nitrogens with two attached hydrogens (primary N) is 1. The van der Waals surface area contributed by atoms with Gasteiger partial charge in [0.2, 0.25) is 6.79 Å². The lowest BCUT2D eigenvalue weighted by Crippen LogP contribution is -2.08. The zero-order valence-corrected chi connectivity index (χ0v) is 14.7. The summed E-state index contributed by atoms with van der Waals surface area (Å²) in [5.41, 5.74) is 8.38. The highest BCUT2D eigenvalue weighted by Crippen LogP contribution is 2.33. The van der Waals surface area contributed by atoms with Gasteiger partial charge < -0.3 is 30.9 Å². The van der Waals surface area contributed by atoms with E-state index in [1.54, 1.807) is 12.1 Å². The van der Waals surface area contributed by atoms with E-state index in [-0.39, 0.29) is 12.4 Å². The Morgan fingerprint density at radius 3 is 2.61 bits per heavy atom. The Balaban J connectivity index is 1.46. The molecule has 9 nitrogen and oxygen atoms in total. The Kier molecular flexibility index (Phi) is 4.55. The van der Waals surface area contributed by atoms with Crippen molar-refractivity contribution in [2.45, 2.75) is 6.54 Å². The van der Waals surface area contributed by atoms with Gasteiger partial charge in [-0.05, 0) is 42.0 Å². The van der Waals surface area contributed by atoms with Gasteiger partial charge in [-0.15, -0.1) is 0 Å². The van der Waals surface area contributed by atoms with E-state index in [2.05, 4.69) is 20.6 Å². The van der Waals surface area contributed by atoms with Crippen LogP contribution in [0.1, 0.15) is 15.9 Å². The molecule has 0 radical (unpaired) electrons. The predicted molar refractivity (Wildman–Crippen MR) is 103 cm³/mol. The molecule has 0 bridgehead atoms. The first-order valence-electron chi connectivity index (χ1n) is 8.43. The minimum absolute atomic E-state index is 0.201. The van der Waals surface area contributed by atoms with Crippen molar-refractivity contribution in [3.8, 4) is 11.5 Å². The maximum absolute atomic E-state index is 10.9. The van der Waals surface area contributed by atoms with Crippen molar-refractivity contribution >= 4 is 29.0 Å². The van der Waals surface area contributed by atoms with Gasteiger partial charge in [0.05, 0.1) is 5.56 Å². The van der Waals surface area contributed by atoms with E-state index in [0.29, 0.717) is 35.3 Å². The fourth-order valence-electron chi connectivity index (χ4n) is 2.71. The van der Waals surface area contributed by atoms with E-state index in [4.69, 9.17) is 20.3 Å². The van der Waals surface area contributed by atoms with Crippen molar-refractivity contribution in [1.82, 2.24) is 9.97 Å².